The highest BCUT2D eigenvalue weighted by Gasteiger charge is 2.37. The SMILES string of the molecule is CNC[C@]1(NC(=O)CCCC(=O)N[C@H](Cc2ccccc2)C(=O)N[C@@H](CSSC)C(=O)N[C@@H](Cc2ccc(O)cc2)C(=O)N[C@H](Cc2c[nH]c3ccccc23)C(=O)N[C@@H](CCCCN)C(=O)NC(C(=O)NCC(=O)NC(C(=O)O)C(C)O)C(C)O)CNCCNC[C@](N)(CN)CNCCNC1. The number of nitrogens with two attached hydrogens (primary N) is 3. The van der Waals surface area contributed by atoms with E-state index in [9.17, 15) is 63.6 Å². The second-order valence-electron chi connectivity index (χ2n) is 25.3. The number of carbonyl (C=O) groups is 10. The Morgan fingerprint density at radius 3 is 1.67 bits per heavy atom. The van der Waals surface area contributed by atoms with E-state index in [0.717, 1.165) is 6.92 Å². The molecule has 25 N–H and O–H groups in total. The van der Waals surface area contributed by atoms with Gasteiger partial charge >= 0.3 is 5.97 Å². The van der Waals surface area contributed by atoms with Gasteiger partial charge in [-0.3, -0.25) is 43.2 Å². The van der Waals surface area contributed by atoms with E-state index >= 15 is 4.79 Å². The average Bonchev–Trinajstić information content (AvgIpc) is 1.69. The van der Waals surface area contributed by atoms with E-state index in [1.54, 1.807) is 74.1 Å². The summed E-state index contributed by atoms with van der Waals surface area (Å²) in [5, 5.41) is 81.6. The number of nitrogens with one attached hydrogen (secondary N) is 15. The number of carbonyl (C=O) groups excluding carboxylic acids is 9. The molecule has 101 heavy (non-hydrogen) atoms. The number of aromatic hydroxyl groups is 1. The number of aliphatic hydroxyl groups is 2. The molecule has 0 aliphatic carbocycles. The maximum Gasteiger partial charge on any atom is 0.328 e. The number of aromatic nitrogens is 1. The Morgan fingerprint density at radius 1 is 0.574 bits per heavy atom. The van der Waals surface area contributed by atoms with Crippen LogP contribution in [0.4, 0.5) is 0 Å². The first-order chi connectivity index (χ1) is 48.3. The molecule has 32 nitrogen and oxygen atoms in total. The van der Waals surface area contributed by atoms with E-state index in [0.29, 0.717) is 99.5 Å². The highest BCUT2D eigenvalue weighted by Crippen LogP contribution is 2.22. The number of carboxylic acids is 1. The third-order valence-electron chi connectivity index (χ3n) is 16.8. The number of amides is 9. The summed E-state index contributed by atoms with van der Waals surface area (Å²) in [6, 6.07) is 11.4. The molecule has 9 atom stereocenters. The zero-order valence-corrected chi connectivity index (χ0v) is 59.4. The molecule has 34 heteroatoms. The highest BCUT2D eigenvalue weighted by atomic mass is 33.1. The minimum absolute atomic E-state index is 0.00256. The van der Waals surface area contributed by atoms with Gasteiger partial charge in [-0.1, -0.05) is 82.3 Å². The largest absolute Gasteiger partial charge is 0.508 e. The first-order valence-electron chi connectivity index (χ1n) is 33.8. The molecule has 1 aliphatic heterocycles. The molecule has 1 aromatic heterocycles. The lowest BCUT2D eigenvalue weighted by Crippen LogP contribution is -2.65. The van der Waals surface area contributed by atoms with Crippen LogP contribution < -0.4 is 91.6 Å². The third-order valence-corrected chi connectivity index (χ3v) is 18.6. The molecule has 0 saturated carbocycles. The monoisotopic (exact) mass is 1450 g/mol. The van der Waals surface area contributed by atoms with Gasteiger partial charge in [0.2, 0.25) is 53.2 Å². The molecule has 558 valence electrons. The van der Waals surface area contributed by atoms with Gasteiger partial charge in [0, 0.05) is 120 Å². The lowest BCUT2D eigenvalue weighted by atomic mass is 9.97. The summed E-state index contributed by atoms with van der Waals surface area (Å²) in [5.74, 6) is -8.85. The van der Waals surface area contributed by atoms with Crippen LogP contribution in [0, 0.1) is 0 Å². The number of fused-ring (bicyclic) bond motifs is 1. The Kier molecular flexibility index (Phi) is 36.2. The Labute approximate surface area is 596 Å². The fourth-order valence-electron chi connectivity index (χ4n) is 11.2. The summed E-state index contributed by atoms with van der Waals surface area (Å²) in [7, 11) is 4.33. The Hall–Kier alpha value is -8.00. The molecule has 1 saturated heterocycles. The maximum atomic E-state index is 15.1. The van der Waals surface area contributed by atoms with Crippen LogP contribution in [0.25, 0.3) is 10.9 Å². The number of H-pyrrole nitrogens is 1. The smallest absolute Gasteiger partial charge is 0.328 e. The molecule has 1 fully saturated rings. The van der Waals surface area contributed by atoms with Crippen LogP contribution in [0.15, 0.2) is 85.1 Å². The summed E-state index contributed by atoms with van der Waals surface area (Å²) in [4.78, 5) is 142. The van der Waals surface area contributed by atoms with Gasteiger partial charge < -0.3 is 117 Å². The molecule has 0 bridgehead atoms. The van der Waals surface area contributed by atoms with Gasteiger partial charge in [-0.15, -0.1) is 0 Å². The Bertz CT molecular complexity index is 3280. The number of aliphatic hydroxyl groups excluding tert-OH is 2. The van der Waals surface area contributed by atoms with Crippen molar-refractivity contribution in [1.82, 2.24) is 79.4 Å². The number of phenols is 1. The number of carboxylic acid groups (broad SMARTS) is 1. The van der Waals surface area contributed by atoms with Crippen LogP contribution in [-0.2, 0) is 67.2 Å². The van der Waals surface area contributed by atoms with Gasteiger partial charge in [0.1, 0.15) is 42.0 Å². The fraction of sp³-hybridized carbons (Fsp3) is 0.552. The third kappa shape index (κ3) is 29.1. The van der Waals surface area contributed by atoms with Crippen molar-refractivity contribution in [2.45, 2.75) is 137 Å². The van der Waals surface area contributed by atoms with Gasteiger partial charge in [-0.05, 0) is 94.3 Å². The predicted octanol–water partition coefficient (Wildman–Crippen LogP) is -4.33. The Balaban J connectivity index is 1.37. The van der Waals surface area contributed by atoms with Crippen molar-refractivity contribution in [2.24, 2.45) is 17.2 Å². The number of hydrogen-bond donors (Lipinski definition) is 22. The minimum Gasteiger partial charge on any atom is -0.508 e. The molecule has 9 amide bonds. The van der Waals surface area contributed by atoms with Gasteiger partial charge in [0.15, 0.2) is 6.04 Å². The number of aromatic amines is 1. The van der Waals surface area contributed by atoms with Crippen molar-refractivity contribution < 1.29 is 68.4 Å². The zero-order chi connectivity index (χ0) is 73.9. The molecular formula is C67H104N18O14S2. The van der Waals surface area contributed by atoms with Crippen LogP contribution in [0.3, 0.4) is 0 Å². The van der Waals surface area contributed by atoms with E-state index in [4.69, 9.17) is 17.2 Å². The van der Waals surface area contributed by atoms with Crippen molar-refractivity contribution in [3.8, 4) is 5.75 Å². The van der Waals surface area contributed by atoms with Gasteiger partial charge in [0.05, 0.1) is 29.8 Å². The predicted molar refractivity (Wildman–Crippen MR) is 386 cm³/mol. The second kappa shape index (κ2) is 43.7. The summed E-state index contributed by atoms with van der Waals surface area (Å²) in [6.45, 7) is 6.68. The first-order valence-corrected chi connectivity index (χ1v) is 36.5. The van der Waals surface area contributed by atoms with Gasteiger partial charge in [0.25, 0.3) is 0 Å². The Morgan fingerprint density at radius 2 is 1.10 bits per heavy atom. The number of unbranched alkanes of at least 4 members (excludes halogenated alkanes) is 1. The molecule has 0 spiro atoms. The molecule has 0 radical (unpaired) electrons. The van der Waals surface area contributed by atoms with Gasteiger partial charge in [-0.25, -0.2) is 4.79 Å². The standard InChI is InChI=1S/C67H104N18O14S2/c1-41(86)57(64(97)77-33-56(91)83-58(42(2)87)65(98)99)84-59(92)49(17-10-11-24-68)79-62(95)52(31-45-32-76-48-16-9-8-15-47(45)48)81-61(94)51(30-44-20-22-46(88)23-21-44)80-63(96)53(34-101-100-4)82-60(93)50(29-43-13-6-5-7-14-43)78-54(89)18-12-19-55(90)85-67(38-71-3)39-74-27-25-72-36-66(70,35-69)37-73-26-28-75-40-67/h5-9,13-16,20-23,32,41-42,49-53,57-58,71-76,86-88H,10-12,17-19,24-31,33-40,68-70H2,1-4H3,(H,77,97)(H,78,89)(H,79,95)(H,80,96)(H,81,94)(H,82,93)(H,83,91)(H,84,92)(H,85,90)(H,98,99)/t41?,42?,49-,50+,51-,52+,53-,57?,58?,66-,67+/m0/s1. The number of benzene rings is 3. The lowest BCUT2D eigenvalue weighted by Gasteiger charge is -2.36. The van der Waals surface area contributed by atoms with Gasteiger partial charge in [-0.2, -0.15) is 0 Å². The van der Waals surface area contributed by atoms with Crippen molar-refractivity contribution in [3.63, 3.8) is 0 Å². The van der Waals surface area contributed by atoms with Crippen LogP contribution in [0.2, 0.25) is 0 Å². The zero-order valence-electron chi connectivity index (χ0n) is 57.8. The molecule has 5 rings (SSSR count). The van der Waals surface area contributed by atoms with E-state index < -0.39 is 125 Å². The van der Waals surface area contributed by atoms with Crippen molar-refractivity contribution >= 4 is 91.6 Å². The van der Waals surface area contributed by atoms with E-state index in [2.05, 4.69) is 79.4 Å². The number of phenolic OH excluding ortho intramolecular Hbond substituents is 1. The van der Waals surface area contributed by atoms with Crippen LogP contribution in [0.1, 0.15) is 69.1 Å². The second-order valence-corrected chi connectivity index (χ2v) is 27.9. The molecular weight excluding hydrogens is 1340 g/mol. The van der Waals surface area contributed by atoms with E-state index in [-0.39, 0.29) is 75.3 Å². The summed E-state index contributed by atoms with van der Waals surface area (Å²) < 4.78 is 0. The number of aliphatic carboxylic acids is 1. The molecule has 3 aromatic carbocycles. The van der Waals surface area contributed by atoms with Crippen molar-refractivity contribution in [2.75, 3.05) is 97.6 Å². The van der Waals surface area contributed by atoms with E-state index in [1.165, 1.54) is 52.8 Å². The normalized spacial score (nSPS) is 18.7. The van der Waals surface area contributed by atoms with Crippen molar-refractivity contribution in [1.29, 1.82) is 0 Å². The average molecular weight is 1450 g/mol. The topological polar surface area (TPSA) is 514 Å². The summed E-state index contributed by atoms with van der Waals surface area (Å²) >= 11 is 0. The van der Waals surface area contributed by atoms with E-state index in [1.807, 2.05) is 0 Å². The lowest BCUT2D eigenvalue weighted by molar-refractivity contribution is -0.144. The molecule has 4 unspecified atom stereocenters. The number of hydrogen-bond acceptors (Lipinski definition) is 23. The number of likely N-dealkylation sites (N-methyl/N-ethyl adjacent to an activating group) is 1. The number of para-hydroxylation sites is 1. The fourth-order valence-corrected chi connectivity index (χ4v) is 12.5. The van der Waals surface area contributed by atoms with Crippen LogP contribution in [0.5, 0.6) is 5.75 Å². The van der Waals surface area contributed by atoms with Crippen LogP contribution >= 0.6 is 21.6 Å². The molecule has 1 aliphatic rings. The number of rotatable bonds is 39. The first kappa shape index (κ1) is 83.7. The summed E-state index contributed by atoms with van der Waals surface area (Å²) in [5.41, 5.74) is 19.3. The molecule has 2 heterocycles. The minimum atomic E-state index is -1.73. The highest BCUT2D eigenvalue weighted by molar-refractivity contribution is 8.76. The quantitative estimate of drug-likeness (QED) is 0.0148. The van der Waals surface area contributed by atoms with Crippen LogP contribution in [-0.4, -0.2) is 248 Å². The maximum absolute atomic E-state index is 15.1. The summed E-state index contributed by atoms with van der Waals surface area (Å²) in [6.07, 6.45) is 0.472. The molecule has 4 aromatic rings. The van der Waals surface area contributed by atoms with Crippen molar-refractivity contribution in [3.05, 3.63) is 102 Å².